The van der Waals surface area contributed by atoms with Crippen molar-refractivity contribution in [3.8, 4) is 5.75 Å². The Balaban J connectivity index is 2.48. The highest BCUT2D eigenvalue weighted by Crippen LogP contribution is 2.30. The monoisotopic (exact) mass is 278 g/mol. The Morgan fingerprint density at radius 1 is 1.15 bits per heavy atom. The van der Waals surface area contributed by atoms with E-state index in [1.807, 2.05) is 6.92 Å². The first-order valence-electron chi connectivity index (χ1n) is 7.62. The van der Waals surface area contributed by atoms with Crippen LogP contribution in [-0.4, -0.2) is 16.2 Å². The second-order valence-corrected chi connectivity index (χ2v) is 5.54. The zero-order chi connectivity index (χ0) is 15.0. The molecule has 1 unspecified atom stereocenters. The van der Waals surface area contributed by atoms with E-state index in [4.69, 9.17) is 5.11 Å². The Morgan fingerprint density at radius 3 is 2.45 bits per heavy atom. The van der Waals surface area contributed by atoms with Gasteiger partial charge in [-0.05, 0) is 36.1 Å². The zero-order valence-corrected chi connectivity index (χ0v) is 12.6. The van der Waals surface area contributed by atoms with E-state index < -0.39 is 5.97 Å². The first kappa shape index (κ1) is 16.5. The number of hydrogen-bond donors (Lipinski definition) is 2. The minimum Gasteiger partial charge on any atom is -0.508 e. The molecule has 0 heterocycles. The fourth-order valence-electron chi connectivity index (χ4n) is 2.47. The van der Waals surface area contributed by atoms with Crippen molar-refractivity contribution in [1.29, 1.82) is 0 Å². The number of hydrogen-bond acceptors (Lipinski definition) is 2. The largest absolute Gasteiger partial charge is 0.508 e. The molecule has 2 N–H and O–H groups in total. The summed E-state index contributed by atoms with van der Waals surface area (Å²) < 4.78 is 0. The van der Waals surface area contributed by atoms with Crippen LogP contribution in [0.3, 0.4) is 0 Å². The first-order valence-corrected chi connectivity index (χ1v) is 7.62. The van der Waals surface area contributed by atoms with Crippen molar-refractivity contribution < 1.29 is 15.0 Å². The molecule has 1 rings (SSSR count). The number of carboxylic acid groups (broad SMARTS) is 1. The Morgan fingerprint density at radius 2 is 1.80 bits per heavy atom. The van der Waals surface area contributed by atoms with Crippen LogP contribution in [0.1, 0.15) is 80.6 Å². The van der Waals surface area contributed by atoms with Crippen LogP contribution in [0.25, 0.3) is 0 Å². The molecule has 0 fully saturated rings. The molecule has 0 radical (unpaired) electrons. The van der Waals surface area contributed by atoms with Crippen LogP contribution >= 0.6 is 0 Å². The maximum absolute atomic E-state index is 11.0. The van der Waals surface area contributed by atoms with Crippen LogP contribution in [0, 0.1) is 0 Å². The molecular formula is C17H26O3. The van der Waals surface area contributed by atoms with Crippen molar-refractivity contribution >= 4 is 5.97 Å². The lowest BCUT2D eigenvalue weighted by Gasteiger charge is -2.14. The van der Waals surface area contributed by atoms with Gasteiger partial charge in [-0.3, -0.25) is 0 Å². The molecule has 0 aliphatic rings. The number of rotatable bonds is 9. The number of carbonyl (C=O) groups is 1. The molecule has 3 nitrogen and oxygen atoms in total. The van der Waals surface area contributed by atoms with Gasteiger partial charge in [0, 0.05) is 0 Å². The lowest BCUT2D eigenvalue weighted by Crippen LogP contribution is -2.00. The molecule has 1 aromatic carbocycles. The Labute approximate surface area is 121 Å². The topological polar surface area (TPSA) is 57.5 Å². The number of unbranched alkanes of at least 4 members (excludes halogenated alkanes) is 5. The molecule has 0 bridgehead atoms. The number of phenols is 1. The number of aromatic carboxylic acids is 1. The molecule has 0 saturated heterocycles. The third kappa shape index (κ3) is 5.24. The van der Waals surface area contributed by atoms with Gasteiger partial charge in [-0.15, -0.1) is 0 Å². The van der Waals surface area contributed by atoms with Crippen LogP contribution in [0.4, 0.5) is 0 Å². The van der Waals surface area contributed by atoms with E-state index in [2.05, 4.69) is 6.92 Å². The zero-order valence-electron chi connectivity index (χ0n) is 12.6. The van der Waals surface area contributed by atoms with E-state index in [0.717, 1.165) is 18.4 Å². The van der Waals surface area contributed by atoms with Gasteiger partial charge >= 0.3 is 5.97 Å². The predicted molar refractivity (Wildman–Crippen MR) is 81.5 cm³/mol. The van der Waals surface area contributed by atoms with Gasteiger partial charge in [-0.2, -0.15) is 0 Å². The molecule has 0 aromatic heterocycles. The summed E-state index contributed by atoms with van der Waals surface area (Å²) in [5, 5.41) is 18.9. The number of carboxylic acids is 1. The molecule has 0 spiro atoms. The van der Waals surface area contributed by atoms with E-state index in [1.165, 1.54) is 44.2 Å². The second-order valence-electron chi connectivity index (χ2n) is 5.54. The van der Waals surface area contributed by atoms with Gasteiger partial charge in [0.15, 0.2) is 0 Å². The average Bonchev–Trinajstić information content (AvgIpc) is 2.42. The van der Waals surface area contributed by atoms with Crippen molar-refractivity contribution in [3.63, 3.8) is 0 Å². The van der Waals surface area contributed by atoms with E-state index in [9.17, 15) is 9.90 Å². The molecule has 20 heavy (non-hydrogen) atoms. The highest BCUT2D eigenvalue weighted by atomic mass is 16.4. The Hall–Kier alpha value is -1.51. The average molecular weight is 278 g/mol. The molecule has 0 aliphatic carbocycles. The van der Waals surface area contributed by atoms with Crippen molar-refractivity contribution in [2.24, 2.45) is 0 Å². The van der Waals surface area contributed by atoms with Crippen molar-refractivity contribution in [3.05, 3.63) is 29.3 Å². The second kappa shape index (κ2) is 8.62. The fourth-order valence-corrected chi connectivity index (χ4v) is 2.47. The van der Waals surface area contributed by atoms with Crippen LogP contribution in [0.15, 0.2) is 18.2 Å². The summed E-state index contributed by atoms with van der Waals surface area (Å²) in [6.07, 6.45) is 8.45. The summed E-state index contributed by atoms with van der Waals surface area (Å²) in [6.45, 7) is 4.26. The normalized spacial score (nSPS) is 12.3. The molecule has 1 aromatic rings. The Kier molecular flexibility index (Phi) is 7.13. The van der Waals surface area contributed by atoms with Crippen molar-refractivity contribution in [2.45, 2.75) is 64.7 Å². The summed E-state index contributed by atoms with van der Waals surface area (Å²) in [5.41, 5.74) is 0.992. The summed E-state index contributed by atoms with van der Waals surface area (Å²) in [4.78, 5) is 11.0. The SMILES string of the molecule is CCCCCCCCC(C)c1cc(C(=O)O)ccc1O. The maximum Gasteiger partial charge on any atom is 0.335 e. The molecule has 112 valence electrons. The lowest BCUT2D eigenvalue weighted by atomic mass is 9.92. The van der Waals surface area contributed by atoms with Gasteiger partial charge < -0.3 is 10.2 Å². The van der Waals surface area contributed by atoms with Crippen LogP contribution < -0.4 is 0 Å². The summed E-state index contributed by atoms with van der Waals surface area (Å²) >= 11 is 0. The van der Waals surface area contributed by atoms with Crippen LogP contribution in [-0.2, 0) is 0 Å². The summed E-state index contributed by atoms with van der Waals surface area (Å²) in [7, 11) is 0. The molecule has 0 amide bonds. The maximum atomic E-state index is 11.0. The van der Waals surface area contributed by atoms with Gasteiger partial charge in [0.2, 0.25) is 0 Å². The van der Waals surface area contributed by atoms with Gasteiger partial charge in [0.1, 0.15) is 5.75 Å². The molecule has 1 atom stereocenters. The minimum absolute atomic E-state index is 0.195. The fraction of sp³-hybridized carbons (Fsp3) is 0.588. The van der Waals surface area contributed by atoms with E-state index in [1.54, 1.807) is 6.07 Å². The van der Waals surface area contributed by atoms with Crippen molar-refractivity contribution in [2.75, 3.05) is 0 Å². The van der Waals surface area contributed by atoms with Crippen molar-refractivity contribution in [1.82, 2.24) is 0 Å². The van der Waals surface area contributed by atoms with E-state index in [0.29, 0.717) is 0 Å². The predicted octanol–water partition coefficient (Wildman–Crippen LogP) is 4.94. The molecule has 0 saturated carbocycles. The van der Waals surface area contributed by atoms with Gasteiger partial charge in [0.05, 0.1) is 5.56 Å². The third-order valence-electron chi connectivity index (χ3n) is 3.80. The van der Waals surface area contributed by atoms with E-state index >= 15 is 0 Å². The van der Waals surface area contributed by atoms with E-state index in [-0.39, 0.29) is 17.2 Å². The first-order chi connectivity index (χ1) is 9.56. The molecular weight excluding hydrogens is 252 g/mol. The van der Waals surface area contributed by atoms with Crippen LogP contribution in [0.2, 0.25) is 0 Å². The number of benzene rings is 1. The van der Waals surface area contributed by atoms with Gasteiger partial charge in [0.25, 0.3) is 0 Å². The Bertz CT molecular complexity index is 426. The number of phenolic OH excluding ortho intramolecular Hbond substituents is 1. The lowest BCUT2D eigenvalue weighted by molar-refractivity contribution is 0.0696. The smallest absolute Gasteiger partial charge is 0.335 e. The quantitative estimate of drug-likeness (QED) is 0.629. The van der Waals surface area contributed by atoms with Gasteiger partial charge in [-0.1, -0.05) is 52.4 Å². The summed E-state index contributed by atoms with van der Waals surface area (Å²) in [5.74, 6) is -0.549. The highest BCUT2D eigenvalue weighted by Gasteiger charge is 2.13. The van der Waals surface area contributed by atoms with Gasteiger partial charge in [-0.25, -0.2) is 4.79 Å². The number of aromatic hydroxyl groups is 1. The molecule has 3 heteroatoms. The summed E-state index contributed by atoms with van der Waals surface area (Å²) in [6, 6.07) is 4.52. The minimum atomic E-state index is -0.946. The highest BCUT2D eigenvalue weighted by molar-refractivity contribution is 5.88. The third-order valence-corrected chi connectivity index (χ3v) is 3.80. The standard InChI is InChI=1S/C17H26O3/c1-3-4-5-6-7-8-9-13(2)15-12-14(17(19)20)10-11-16(15)18/h10-13,18H,3-9H2,1-2H3,(H,19,20). The molecule has 0 aliphatic heterocycles. The van der Waals surface area contributed by atoms with Crippen LogP contribution in [0.5, 0.6) is 5.75 Å².